The van der Waals surface area contributed by atoms with E-state index < -0.39 is 0 Å². The Morgan fingerprint density at radius 2 is 2.06 bits per heavy atom. The van der Waals surface area contributed by atoms with Crippen LogP contribution in [-0.4, -0.2) is 23.8 Å². The van der Waals surface area contributed by atoms with Gasteiger partial charge in [0.1, 0.15) is 0 Å². The molecule has 2 N–H and O–H groups in total. The molecular formula is C15H31NO. The normalized spacial score (nSPS) is 30.5. The fraction of sp³-hybridized carbons (Fsp3) is 1.00. The molecule has 0 bridgehead atoms. The minimum absolute atomic E-state index is 0.0206. The SMILES string of the molecule is CCCC1CCCC(CO)(NCC(C)C)CC1. The Labute approximate surface area is 107 Å². The van der Waals surface area contributed by atoms with Gasteiger partial charge < -0.3 is 10.4 Å². The van der Waals surface area contributed by atoms with E-state index in [2.05, 4.69) is 26.1 Å². The lowest BCUT2D eigenvalue weighted by Gasteiger charge is -2.33. The molecule has 2 heteroatoms. The highest BCUT2D eigenvalue weighted by molar-refractivity contribution is 4.90. The van der Waals surface area contributed by atoms with Gasteiger partial charge in [-0.3, -0.25) is 0 Å². The predicted molar refractivity (Wildman–Crippen MR) is 74.1 cm³/mol. The molecule has 0 aromatic carbocycles. The van der Waals surface area contributed by atoms with Crippen molar-refractivity contribution >= 4 is 0 Å². The lowest BCUT2D eigenvalue weighted by molar-refractivity contribution is 0.139. The third kappa shape index (κ3) is 4.97. The molecule has 0 spiro atoms. The number of rotatable bonds is 6. The molecule has 0 aromatic rings. The van der Waals surface area contributed by atoms with Crippen LogP contribution in [0.3, 0.4) is 0 Å². The fourth-order valence-electron chi connectivity index (χ4n) is 2.99. The molecule has 0 saturated heterocycles. The van der Waals surface area contributed by atoms with Gasteiger partial charge in [-0.25, -0.2) is 0 Å². The van der Waals surface area contributed by atoms with E-state index in [1.54, 1.807) is 0 Å². The lowest BCUT2D eigenvalue weighted by atomic mass is 9.89. The Hall–Kier alpha value is -0.0800. The minimum atomic E-state index is 0.0206. The Balaban J connectivity index is 2.49. The summed E-state index contributed by atoms with van der Waals surface area (Å²) in [4.78, 5) is 0. The maximum Gasteiger partial charge on any atom is 0.0613 e. The first-order valence-electron chi connectivity index (χ1n) is 7.48. The standard InChI is InChI=1S/C15H31NO/c1-4-6-14-7-5-9-15(12-17,10-8-14)16-11-13(2)3/h13-14,16-17H,4-12H2,1-3H3. The largest absolute Gasteiger partial charge is 0.394 e. The number of aliphatic hydroxyl groups is 1. The Morgan fingerprint density at radius 1 is 1.29 bits per heavy atom. The van der Waals surface area contributed by atoms with E-state index in [-0.39, 0.29) is 5.54 Å². The van der Waals surface area contributed by atoms with Crippen LogP contribution in [0.4, 0.5) is 0 Å². The molecule has 1 saturated carbocycles. The zero-order valence-corrected chi connectivity index (χ0v) is 12.0. The van der Waals surface area contributed by atoms with Gasteiger partial charge in [0.2, 0.25) is 0 Å². The molecular weight excluding hydrogens is 210 g/mol. The van der Waals surface area contributed by atoms with E-state index >= 15 is 0 Å². The molecule has 0 aromatic heterocycles. The quantitative estimate of drug-likeness (QED) is 0.699. The van der Waals surface area contributed by atoms with Crippen molar-refractivity contribution in [3.8, 4) is 0 Å². The average Bonchev–Trinajstić information content (AvgIpc) is 2.51. The second kappa shape index (κ2) is 7.38. The lowest BCUT2D eigenvalue weighted by Crippen LogP contribution is -2.49. The molecule has 1 rings (SSSR count). The van der Waals surface area contributed by atoms with Crippen LogP contribution in [0.1, 0.15) is 65.7 Å². The van der Waals surface area contributed by atoms with Crippen molar-refractivity contribution in [3.63, 3.8) is 0 Å². The van der Waals surface area contributed by atoms with E-state index in [1.807, 2.05) is 0 Å². The van der Waals surface area contributed by atoms with Gasteiger partial charge in [0.25, 0.3) is 0 Å². The highest BCUT2D eigenvalue weighted by Gasteiger charge is 2.31. The number of hydrogen-bond donors (Lipinski definition) is 2. The van der Waals surface area contributed by atoms with Crippen LogP contribution in [0.2, 0.25) is 0 Å². The van der Waals surface area contributed by atoms with Gasteiger partial charge in [-0.2, -0.15) is 0 Å². The van der Waals surface area contributed by atoms with Gasteiger partial charge in [-0.05, 0) is 37.6 Å². The maximum atomic E-state index is 9.73. The first-order valence-corrected chi connectivity index (χ1v) is 7.48. The molecule has 2 nitrogen and oxygen atoms in total. The van der Waals surface area contributed by atoms with Gasteiger partial charge in [-0.1, -0.05) is 46.5 Å². The third-order valence-corrected chi connectivity index (χ3v) is 4.18. The zero-order valence-electron chi connectivity index (χ0n) is 12.0. The summed E-state index contributed by atoms with van der Waals surface area (Å²) in [7, 11) is 0. The van der Waals surface area contributed by atoms with Crippen LogP contribution in [0, 0.1) is 11.8 Å². The summed E-state index contributed by atoms with van der Waals surface area (Å²) in [6.07, 6.45) is 8.90. The molecule has 102 valence electrons. The molecule has 0 radical (unpaired) electrons. The van der Waals surface area contributed by atoms with Crippen molar-refractivity contribution < 1.29 is 5.11 Å². The molecule has 1 aliphatic rings. The summed E-state index contributed by atoms with van der Waals surface area (Å²) in [6, 6.07) is 0. The minimum Gasteiger partial charge on any atom is -0.394 e. The van der Waals surface area contributed by atoms with Gasteiger partial charge >= 0.3 is 0 Å². The number of nitrogens with one attached hydrogen (secondary N) is 1. The third-order valence-electron chi connectivity index (χ3n) is 4.18. The Morgan fingerprint density at radius 3 is 2.65 bits per heavy atom. The van der Waals surface area contributed by atoms with Crippen molar-refractivity contribution in [2.45, 2.75) is 71.3 Å². The van der Waals surface area contributed by atoms with Crippen molar-refractivity contribution in [3.05, 3.63) is 0 Å². The van der Waals surface area contributed by atoms with Gasteiger partial charge in [-0.15, -0.1) is 0 Å². The fourth-order valence-corrected chi connectivity index (χ4v) is 2.99. The molecule has 2 atom stereocenters. The first-order chi connectivity index (χ1) is 8.12. The van der Waals surface area contributed by atoms with E-state index in [9.17, 15) is 5.11 Å². The van der Waals surface area contributed by atoms with E-state index in [1.165, 1.54) is 32.1 Å². The summed E-state index contributed by atoms with van der Waals surface area (Å²) < 4.78 is 0. The van der Waals surface area contributed by atoms with E-state index in [0.717, 1.165) is 25.3 Å². The summed E-state index contributed by atoms with van der Waals surface area (Å²) in [5, 5.41) is 13.4. The highest BCUT2D eigenvalue weighted by atomic mass is 16.3. The van der Waals surface area contributed by atoms with Gasteiger partial charge in [0.15, 0.2) is 0 Å². The van der Waals surface area contributed by atoms with Crippen LogP contribution >= 0.6 is 0 Å². The summed E-state index contributed by atoms with van der Waals surface area (Å²) in [6.45, 7) is 8.07. The van der Waals surface area contributed by atoms with E-state index in [4.69, 9.17) is 0 Å². The Kier molecular flexibility index (Phi) is 6.50. The van der Waals surface area contributed by atoms with Crippen LogP contribution in [-0.2, 0) is 0 Å². The first kappa shape index (κ1) is 15.0. The van der Waals surface area contributed by atoms with Gasteiger partial charge in [0.05, 0.1) is 6.61 Å². The average molecular weight is 241 g/mol. The second-order valence-electron chi connectivity index (χ2n) is 6.30. The smallest absolute Gasteiger partial charge is 0.0613 e. The molecule has 0 amide bonds. The second-order valence-corrected chi connectivity index (χ2v) is 6.30. The Bertz CT molecular complexity index is 205. The monoisotopic (exact) mass is 241 g/mol. The highest BCUT2D eigenvalue weighted by Crippen LogP contribution is 2.32. The summed E-state index contributed by atoms with van der Waals surface area (Å²) in [5.41, 5.74) is 0.0206. The molecule has 2 unspecified atom stereocenters. The summed E-state index contributed by atoms with van der Waals surface area (Å²) in [5.74, 6) is 1.56. The maximum absolute atomic E-state index is 9.73. The summed E-state index contributed by atoms with van der Waals surface area (Å²) >= 11 is 0. The zero-order chi connectivity index (χ0) is 12.7. The van der Waals surface area contributed by atoms with Crippen molar-refractivity contribution in [1.29, 1.82) is 0 Å². The molecule has 1 fully saturated rings. The van der Waals surface area contributed by atoms with Crippen molar-refractivity contribution in [2.24, 2.45) is 11.8 Å². The predicted octanol–water partition coefficient (Wildman–Crippen LogP) is 3.34. The van der Waals surface area contributed by atoms with Crippen molar-refractivity contribution in [1.82, 2.24) is 5.32 Å². The number of hydrogen-bond acceptors (Lipinski definition) is 2. The van der Waals surface area contributed by atoms with Gasteiger partial charge in [0, 0.05) is 5.54 Å². The van der Waals surface area contributed by atoms with Crippen LogP contribution in [0.25, 0.3) is 0 Å². The molecule has 17 heavy (non-hydrogen) atoms. The topological polar surface area (TPSA) is 32.3 Å². The molecule has 1 aliphatic carbocycles. The molecule has 0 heterocycles. The van der Waals surface area contributed by atoms with Crippen LogP contribution in [0.5, 0.6) is 0 Å². The number of aliphatic hydroxyl groups excluding tert-OH is 1. The van der Waals surface area contributed by atoms with Crippen molar-refractivity contribution in [2.75, 3.05) is 13.2 Å². The van der Waals surface area contributed by atoms with Crippen LogP contribution < -0.4 is 5.32 Å². The molecule has 0 aliphatic heterocycles. The van der Waals surface area contributed by atoms with E-state index in [0.29, 0.717) is 12.5 Å². The van der Waals surface area contributed by atoms with Crippen LogP contribution in [0.15, 0.2) is 0 Å².